The van der Waals surface area contributed by atoms with Gasteiger partial charge >= 0.3 is 7.12 Å². The Kier molecular flexibility index (Phi) is 5.05. The fourth-order valence-electron chi connectivity index (χ4n) is 0.333. The largest absolute Gasteiger partial charge is 0.479 e. The van der Waals surface area contributed by atoms with Crippen LogP contribution in [-0.4, -0.2) is 30.3 Å². The van der Waals surface area contributed by atoms with Crippen LogP contribution in [0.25, 0.3) is 0 Å². The molecule has 0 atom stereocenters. The van der Waals surface area contributed by atoms with Crippen molar-refractivity contribution >= 4 is 7.12 Å². The van der Waals surface area contributed by atoms with Crippen molar-refractivity contribution in [2.75, 3.05) is 13.1 Å². The van der Waals surface area contributed by atoms with E-state index in [1.807, 2.05) is 6.92 Å². The van der Waals surface area contributed by atoms with Crippen LogP contribution in [0.1, 0.15) is 13.3 Å². The van der Waals surface area contributed by atoms with Gasteiger partial charge in [0.25, 0.3) is 0 Å². The molecule has 0 aromatic rings. The minimum atomic E-state index is -1.32. The molecule has 0 aliphatic carbocycles. The van der Waals surface area contributed by atoms with Crippen LogP contribution in [0.4, 0.5) is 0 Å². The molecule has 0 saturated heterocycles. The highest BCUT2D eigenvalue weighted by Crippen LogP contribution is 1.79. The summed E-state index contributed by atoms with van der Waals surface area (Å²) in [4.78, 5) is 0. The molecule has 0 radical (unpaired) electrons. The van der Waals surface area contributed by atoms with Crippen molar-refractivity contribution in [1.29, 1.82) is 0 Å². The van der Waals surface area contributed by atoms with Crippen LogP contribution in [0.2, 0.25) is 0 Å². The third-order valence-electron chi connectivity index (χ3n) is 0.615. The lowest BCUT2D eigenvalue weighted by Gasteiger charge is -1.98. The van der Waals surface area contributed by atoms with Gasteiger partial charge < -0.3 is 14.8 Å². The molecule has 0 unspecified atom stereocenters. The van der Waals surface area contributed by atoms with Gasteiger partial charge in [-0.2, -0.15) is 0 Å². The van der Waals surface area contributed by atoms with Crippen LogP contribution >= 0.6 is 0 Å². The minimum Gasteiger partial charge on any atom is -0.426 e. The fraction of sp³-hybridized carbons (Fsp3) is 1.00. The van der Waals surface area contributed by atoms with Crippen molar-refractivity contribution in [1.82, 2.24) is 0 Å². The molecule has 0 heterocycles. The van der Waals surface area contributed by atoms with E-state index in [0.29, 0.717) is 6.61 Å². The van der Waals surface area contributed by atoms with Crippen molar-refractivity contribution < 1.29 is 14.8 Å². The molecule has 0 rings (SSSR count). The second-order valence-electron chi connectivity index (χ2n) is 1.56. The maximum atomic E-state index is 8.21. The number of hydrogen-bond donors (Lipinski definition) is 2. The van der Waals surface area contributed by atoms with Crippen molar-refractivity contribution in [3.8, 4) is 0 Å². The van der Waals surface area contributed by atoms with Gasteiger partial charge in [-0.3, -0.25) is 0 Å². The Hall–Kier alpha value is -0.0551. The smallest absolute Gasteiger partial charge is 0.426 e. The summed E-state index contributed by atoms with van der Waals surface area (Å²) >= 11 is 0. The van der Waals surface area contributed by atoms with Gasteiger partial charge in [0.05, 0.1) is 6.51 Å². The van der Waals surface area contributed by atoms with Crippen LogP contribution in [0.5, 0.6) is 0 Å². The summed E-state index contributed by atoms with van der Waals surface area (Å²) in [5.74, 6) is 0. The molecule has 0 amide bonds. The summed E-state index contributed by atoms with van der Waals surface area (Å²) < 4.78 is 4.74. The first kappa shape index (κ1) is 7.94. The van der Waals surface area contributed by atoms with Crippen LogP contribution in [-0.2, 0) is 4.74 Å². The second-order valence-corrected chi connectivity index (χ2v) is 1.56. The number of rotatable bonds is 4. The minimum absolute atomic E-state index is 0.0217. The van der Waals surface area contributed by atoms with E-state index in [0.717, 1.165) is 6.42 Å². The molecule has 8 heavy (non-hydrogen) atoms. The van der Waals surface area contributed by atoms with Crippen LogP contribution < -0.4 is 0 Å². The highest BCUT2D eigenvalue weighted by molar-refractivity contribution is 6.40. The lowest BCUT2D eigenvalue weighted by atomic mass is 9.95. The van der Waals surface area contributed by atoms with Crippen LogP contribution in [0.15, 0.2) is 0 Å². The SMILES string of the molecule is CCCOCB(O)O. The Bertz CT molecular complexity index is 48.5. The Morgan fingerprint density at radius 2 is 2.12 bits per heavy atom. The summed E-state index contributed by atoms with van der Waals surface area (Å²) in [5.41, 5.74) is 0. The van der Waals surface area contributed by atoms with Crippen molar-refractivity contribution in [2.45, 2.75) is 13.3 Å². The predicted molar refractivity (Wildman–Crippen MR) is 31.3 cm³/mol. The third-order valence-corrected chi connectivity index (χ3v) is 0.615. The first-order chi connectivity index (χ1) is 3.77. The molecule has 0 saturated carbocycles. The van der Waals surface area contributed by atoms with E-state index < -0.39 is 7.12 Å². The molecule has 0 fully saturated rings. The maximum Gasteiger partial charge on any atom is 0.479 e. The van der Waals surface area contributed by atoms with Crippen molar-refractivity contribution in [3.05, 3.63) is 0 Å². The summed E-state index contributed by atoms with van der Waals surface area (Å²) in [7, 11) is -1.32. The van der Waals surface area contributed by atoms with E-state index in [1.54, 1.807) is 0 Å². The van der Waals surface area contributed by atoms with Crippen LogP contribution in [0.3, 0.4) is 0 Å². The summed E-state index contributed by atoms with van der Waals surface area (Å²) in [6, 6.07) is 0. The Balaban J connectivity index is 2.72. The molecule has 0 aliphatic heterocycles. The van der Waals surface area contributed by atoms with Gasteiger partial charge in [0.15, 0.2) is 0 Å². The quantitative estimate of drug-likeness (QED) is 0.383. The van der Waals surface area contributed by atoms with Crippen LogP contribution in [0, 0.1) is 0 Å². The third kappa shape index (κ3) is 5.94. The molecule has 3 nitrogen and oxygen atoms in total. The van der Waals surface area contributed by atoms with Gasteiger partial charge in [-0.15, -0.1) is 0 Å². The monoisotopic (exact) mass is 118 g/mol. The lowest BCUT2D eigenvalue weighted by Crippen LogP contribution is -2.20. The first-order valence-electron chi connectivity index (χ1n) is 2.71. The summed E-state index contributed by atoms with van der Waals surface area (Å²) in [6.45, 7) is 2.58. The first-order valence-corrected chi connectivity index (χ1v) is 2.71. The fourth-order valence-corrected chi connectivity index (χ4v) is 0.333. The zero-order valence-electron chi connectivity index (χ0n) is 5.00. The number of hydrogen-bond acceptors (Lipinski definition) is 3. The van der Waals surface area contributed by atoms with Crippen molar-refractivity contribution in [2.24, 2.45) is 0 Å². The van der Waals surface area contributed by atoms with Gasteiger partial charge in [0.2, 0.25) is 0 Å². The van der Waals surface area contributed by atoms with Gasteiger partial charge in [-0.1, -0.05) is 6.92 Å². The second kappa shape index (κ2) is 5.09. The molecule has 0 spiro atoms. The lowest BCUT2D eigenvalue weighted by molar-refractivity contribution is 0.154. The van der Waals surface area contributed by atoms with E-state index in [4.69, 9.17) is 14.8 Å². The maximum absolute atomic E-state index is 8.21. The normalized spacial score (nSPS) is 9.38. The van der Waals surface area contributed by atoms with E-state index in [1.165, 1.54) is 0 Å². The van der Waals surface area contributed by atoms with Gasteiger partial charge in [-0.25, -0.2) is 0 Å². The predicted octanol–water partition coefficient (Wildman–Crippen LogP) is -0.575. The molecule has 2 N–H and O–H groups in total. The Morgan fingerprint density at radius 1 is 1.50 bits per heavy atom. The van der Waals surface area contributed by atoms with Gasteiger partial charge in [-0.05, 0) is 6.42 Å². The highest BCUT2D eigenvalue weighted by atomic mass is 16.5. The number of ether oxygens (including phenoxy) is 1. The molecule has 0 aromatic heterocycles. The van der Waals surface area contributed by atoms with Crippen molar-refractivity contribution in [3.63, 3.8) is 0 Å². The summed E-state index contributed by atoms with van der Waals surface area (Å²) in [5, 5.41) is 16.4. The average molecular weight is 118 g/mol. The summed E-state index contributed by atoms with van der Waals surface area (Å²) in [6.07, 6.45) is 0.909. The topological polar surface area (TPSA) is 49.7 Å². The Labute approximate surface area is 49.4 Å². The molecular formula is C4H11BO3. The van der Waals surface area contributed by atoms with E-state index >= 15 is 0 Å². The Morgan fingerprint density at radius 3 is 2.50 bits per heavy atom. The average Bonchev–Trinajstić information content (AvgIpc) is 1.66. The molecular weight excluding hydrogens is 107 g/mol. The molecule has 48 valence electrons. The standard InChI is InChI=1S/C4H11BO3/c1-2-3-8-4-5(6)7/h6-7H,2-4H2,1H3. The molecule has 0 aliphatic rings. The zero-order chi connectivity index (χ0) is 6.41. The van der Waals surface area contributed by atoms with Gasteiger partial charge in [0.1, 0.15) is 0 Å². The molecule has 0 aromatic carbocycles. The van der Waals surface area contributed by atoms with Gasteiger partial charge in [0, 0.05) is 6.61 Å². The van der Waals surface area contributed by atoms with E-state index in [9.17, 15) is 0 Å². The van der Waals surface area contributed by atoms with E-state index in [2.05, 4.69) is 0 Å². The zero-order valence-corrected chi connectivity index (χ0v) is 5.00. The molecule has 4 heteroatoms. The van der Waals surface area contributed by atoms with E-state index in [-0.39, 0.29) is 6.51 Å². The molecule has 0 bridgehead atoms. The highest BCUT2D eigenvalue weighted by Gasteiger charge is 2.03.